The molecule has 0 radical (unpaired) electrons. The van der Waals surface area contributed by atoms with Crippen molar-refractivity contribution in [1.82, 2.24) is 5.32 Å². The SMILES string of the molecule is CNC(CCl)c1ccc2c(c1)CCCO2. The summed E-state index contributed by atoms with van der Waals surface area (Å²) in [5.41, 5.74) is 2.56. The number of halogens is 1. The van der Waals surface area contributed by atoms with E-state index in [4.69, 9.17) is 16.3 Å². The fourth-order valence-electron chi connectivity index (χ4n) is 1.93. The van der Waals surface area contributed by atoms with Crippen LogP contribution in [0, 0.1) is 0 Å². The topological polar surface area (TPSA) is 21.3 Å². The zero-order chi connectivity index (χ0) is 10.7. The van der Waals surface area contributed by atoms with Gasteiger partial charge in [0.15, 0.2) is 0 Å². The first kappa shape index (κ1) is 10.8. The minimum atomic E-state index is 0.235. The van der Waals surface area contributed by atoms with E-state index in [0.29, 0.717) is 5.88 Å². The molecule has 0 saturated carbocycles. The Bertz CT molecular complexity index is 336. The highest BCUT2D eigenvalue weighted by Crippen LogP contribution is 2.28. The Morgan fingerprint density at radius 2 is 2.40 bits per heavy atom. The van der Waals surface area contributed by atoms with Crippen LogP contribution in [0.15, 0.2) is 18.2 Å². The van der Waals surface area contributed by atoms with Crippen molar-refractivity contribution in [3.63, 3.8) is 0 Å². The predicted molar refractivity (Wildman–Crippen MR) is 62.8 cm³/mol. The summed E-state index contributed by atoms with van der Waals surface area (Å²) in [4.78, 5) is 0. The van der Waals surface area contributed by atoms with Crippen LogP contribution in [0.25, 0.3) is 0 Å². The maximum Gasteiger partial charge on any atom is 0.122 e. The van der Waals surface area contributed by atoms with Crippen molar-refractivity contribution in [2.45, 2.75) is 18.9 Å². The molecule has 0 bridgehead atoms. The summed E-state index contributed by atoms with van der Waals surface area (Å²) >= 11 is 5.89. The van der Waals surface area contributed by atoms with E-state index in [1.165, 1.54) is 11.1 Å². The maximum atomic E-state index is 5.89. The highest BCUT2D eigenvalue weighted by molar-refractivity contribution is 6.18. The van der Waals surface area contributed by atoms with E-state index in [-0.39, 0.29) is 6.04 Å². The van der Waals surface area contributed by atoms with Crippen LogP contribution in [0.2, 0.25) is 0 Å². The van der Waals surface area contributed by atoms with Gasteiger partial charge in [-0.05, 0) is 37.1 Å². The van der Waals surface area contributed by atoms with E-state index < -0.39 is 0 Å². The Balaban J connectivity index is 2.27. The molecule has 0 aliphatic carbocycles. The van der Waals surface area contributed by atoms with Crippen molar-refractivity contribution in [2.24, 2.45) is 0 Å². The summed E-state index contributed by atoms with van der Waals surface area (Å²) in [5.74, 6) is 1.63. The van der Waals surface area contributed by atoms with Crippen molar-refractivity contribution in [1.29, 1.82) is 0 Å². The second kappa shape index (κ2) is 4.86. The molecule has 0 spiro atoms. The molecule has 1 unspecified atom stereocenters. The molecule has 82 valence electrons. The van der Waals surface area contributed by atoms with Gasteiger partial charge in [-0.25, -0.2) is 0 Å². The molecule has 1 aromatic rings. The summed E-state index contributed by atoms with van der Waals surface area (Å²) < 4.78 is 5.57. The van der Waals surface area contributed by atoms with Crippen LogP contribution < -0.4 is 10.1 Å². The Morgan fingerprint density at radius 3 is 3.13 bits per heavy atom. The zero-order valence-electron chi connectivity index (χ0n) is 8.92. The summed E-state index contributed by atoms with van der Waals surface area (Å²) in [6.45, 7) is 0.845. The van der Waals surface area contributed by atoms with E-state index in [1.54, 1.807) is 0 Å². The van der Waals surface area contributed by atoms with E-state index in [2.05, 4.69) is 23.5 Å². The molecule has 2 rings (SSSR count). The molecule has 3 heteroatoms. The summed E-state index contributed by atoms with van der Waals surface area (Å²) in [6.07, 6.45) is 2.23. The third-order valence-electron chi connectivity index (χ3n) is 2.84. The van der Waals surface area contributed by atoms with E-state index in [0.717, 1.165) is 25.2 Å². The molecule has 1 aromatic carbocycles. The Morgan fingerprint density at radius 1 is 1.53 bits per heavy atom. The first-order chi connectivity index (χ1) is 7.35. The molecular weight excluding hydrogens is 210 g/mol. The Hall–Kier alpha value is -0.730. The minimum absolute atomic E-state index is 0.235. The molecule has 2 nitrogen and oxygen atoms in total. The first-order valence-electron chi connectivity index (χ1n) is 5.34. The van der Waals surface area contributed by atoms with Crippen molar-refractivity contribution in [2.75, 3.05) is 19.5 Å². The molecule has 1 heterocycles. The molecule has 0 fully saturated rings. The van der Waals surface area contributed by atoms with E-state index >= 15 is 0 Å². The van der Waals surface area contributed by atoms with Crippen LogP contribution >= 0.6 is 11.6 Å². The van der Waals surface area contributed by atoms with Gasteiger partial charge >= 0.3 is 0 Å². The van der Waals surface area contributed by atoms with Crippen LogP contribution in [0.4, 0.5) is 0 Å². The fourth-order valence-corrected chi connectivity index (χ4v) is 2.26. The molecule has 15 heavy (non-hydrogen) atoms. The van der Waals surface area contributed by atoms with Gasteiger partial charge in [0, 0.05) is 11.9 Å². The lowest BCUT2D eigenvalue weighted by molar-refractivity contribution is 0.288. The van der Waals surface area contributed by atoms with Crippen LogP contribution in [0.3, 0.4) is 0 Å². The van der Waals surface area contributed by atoms with Gasteiger partial charge in [0.05, 0.1) is 6.61 Å². The number of alkyl halides is 1. The van der Waals surface area contributed by atoms with Crippen LogP contribution in [0.5, 0.6) is 5.75 Å². The van der Waals surface area contributed by atoms with E-state index in [1.807, 2.05) is 7.05 Å². The van der Waals surface area contributed by atoms with Crippen LogP contribution in [-0.2, 0) is 6.42 Å². The Labute approximate surface area is 95.6 Å². The lowest BCUT2D eigenvalue weighted by Gasteiger charge is -2.20. The number of fused-ring (bicyclic) bond motifs is 1. The number of aryl methyl sites for hydroxylation is 1. The number of nitrogens with one attached hydrogen (secondary N) is 1. The second-order valence-electron chi connectivity index (χ2n) is 3.81. The number of ether oxygens (including phenoxy) is 1. The highest BCUT2D eigenvalue weighted by Gasteiger charge is 2.13. The fraction of sp³-hybridized carbons (Fsp3) is 0.500. The molecule has 1 aliphatic heterocycles. The largest absolute Gasteiger partial charge is 0.493 e. The lowest BCUT2D eigenvalue weighted by atomic mass is 10.00. The average molecular weight is 226 g/mol. The quantitative estimate of drug-likeness (QED) is 0.799. The third kappa shape index (κ3) is 2.27. The smallest absolute Gasteiger partial charge is 0.122 e. The first-order valence-corrected chi connectivity index (χ1v) is 5.87. The molecular formula is C12H16ClNO. The zero-order valence-corrected chi connectivity index (χ0v) is 9.68. The number of rotatable bonds is 3. The number of benzene rings is 1. The van der Waals surface area contributed by atoms with Gasteiger partial charge in [-0.3, -0.25) is 0 Å². The van der Waals surface area contributed by atoms with Gasteiger partial charge in [0.25, 0.3) is 0 Å². The third-order valence-corrected chi connectivity index (χ3v) is 3.15. The van der Waals surface area contributed by atoms with Gasteiger partial charge in [-0.1, -0.05) is 12.1 Å². The Kier molecular flexibility index (Phi) is 3.49. The van der Waals surface area contributed by atoms with Gasteiger partial charge in [0.2, 0.25) is 0 Å². The standard InChI is InChI=1S/C12H16ClNO/c1-14-11(8-13)9-4-5-12-10(7-9)3-2-6-15-12/h4-5,7,11,14H,2-3,6,8H2,1H3. The number of hydrogen-bond donors (Lipinski definition) is 1. The summed E-state index contributed by atoms with van der Waals surface area (Å²) in [7, 11) is 1.93. The monoisotopic (exact) mass is 225 g/mol. The average Bonchev–Trinajstić information content (AvgIpc) is 2.30. The molecule has 0 saturated heterocycles. The molecule has 0 amide bonds. The minimum Gasteiger partial charge on any atom is -0.493 e. The molecule has 1 atom stereocenters. The summed E-state index contributed by atoms with van der Waals surface area (Å²) in [6, 6.07) is 6.59. The second-order valence-corrected chi connectivity index (χ2v) is 4.12. The highest BCUT2D eigenvalue weighted by atomic mass is 35.5. The van der Waals surface area contributed by atoms with Crippen LogP contribution in [-0.4, -0.2) is 19.5 Å². The van der Waals surface area contributed by atoms with Crippen molar-refractivity contribution in [3.8, 4) is 5.75 Å². The van der Waals surface area contributed by atoms with Gasteiger partial charge < -0.3 is 10.1 Å². The number of hydrogen-bond acceptors (Lipinski definition) is 2. The van der Waals surface area contributed by atoms with Crippen molar-refractivity contribution >= 4 is 11.6 Å². The van der Waals surface area contributed by atoms with Gasteiger partial charge in [-0.15, -0.1) is 11.6 Å². The maximum absolute atomic E-state index is 5.89. The predicted octanol–water partition coefficient (Wildman–Crippen LogP) is 2.51. The van der Waals surface area contributed by atoms with Crippen LogP contribution in [0.1, 0.15) is 23.6 Å². The summed E-state index contributed by atoms with van der Waals surface area (Å²) in [5, 5.41) is 3.20. The molecule has 1 N–H and O–H groups in total. The van der Waals surface area contributed by atoms with Crippen molar-refractivity contribution in [3.05, 3.63) is 29.3 Å². The van der Waals surface area contributed by atoms with Gasteiger partial charge in [0.1, 0.15) is 5.75 Å². The normalized spacial score (nSPS) is 16.7. The molecule has 1 aliphatic rings. The molecule has 0 aromatic heterocycles. The van der Waals surface area contributed by atoms with Gasteiger partial charge in [-0.2, -0.15) is 0 Å². The lowest BCUT2D eigenvalue weighted by Crippen LogP contribution is -2.18. The van der Waals surface area contributed by atoms with Crippen molar-refractivity contribution < 1.29 is 4.74 Å². The van der Waals surface area contributed by atoms with E-state index in [9.17, 15) is 0 Å².